The first-order chi connectivity index (χ1) is 10.2. The number of anilines is 1. The van der Waals surface area contributed by atoms with Gasteiger partial charge in [-0.3, -0.25) is 9.89 Å². The Hall–Kier alpha value is -2.27. The lowest BCUT2D eigenvalue weighted by Crippen LogP contribution is -2.22. The lowest BCUT2D eigenvalue weighted by molar-refractivity contribution is 0.875. The van der Waals surface area contributed by atoms with E-state index in [1.165, 1.54) is 0 Å². The highest BCUT2D eigenvalue weighted by molar-refractivity contribution is 6.30. The molecule has 21 heavy (non-hydrogen) atoms. The average Bonchev–Trinajstić information content (AvgIpc) is 3.02. The van der Waals surface area contributed by atoms with Gasteiger partial charge in [0.1, 0.15) is 0 Å². The van der Waals surface area contributed by atoms with E-state index in [1.54, 1.807) is 6.34 Å². The van der Waals surface area contributed by atoms with Crippen LogP contribution in [-0.4, -0.2) is 34.6 Å². The molecule has 0 fully saturated rings. The van der Waals surface area contributed by atoms with Crippen molar-refractivity contribution in [2.75, 3.05) is 18.0 Å². The fourth-order valence-corrected chi connectivity index (χ4v) is 2.07. The lowest BCUT2D eigenvalue weighted by Gasteiger charge is -2.11. The van der Waals surface area contributed by atoms with Crippen LogP contribution in [0.3, 0.4) is 0 Å². The van der Waals surface area contributed by atoms with Gasteiger partial charge in [-0.15, -0.1) is 10.2 Å². The maximum absolute atomic E-state index is 5.87. The molecule has 0 saturated heterocycles. The van der Waals surface area contributed by atoms with Gasteiger partial charge in [0.2, 0.25) is 0 Å². The lowest BCUT2D eigenvalue weighted by atomic mass is 10.2. The van der Waals surface area contributed by atoms with Crippen LogP contribution >= 0.6 is 11.6 Å². The predicted octanol–water partition coefficient (Wildman–Crippen LogP) is 2.85. The van der Waals surface area contributed by atoms with E-state index in [-0.39, 0.29) is 0 Å². The van der Waals surface area contributed by atoms with E-state index in [0.29, 0.717) is 5.95 Å². The third-order valence-electron chi connectivity index (χ3n) is 3.13. The third kappa shape index (κ3) is 3.25. The molecule has 0 atom stereocenters. The van der Waals surface area contributed by atoms with Crippen molar-refractivity contribution in [2.45, 2.75) is 6.92 Å². The molecule has 2 aromatic rings. The van der Waals surface area contributed by atoms with Crippen LogP contribution in [0.2, 0.25) is 5.02 Å². The van der Waals surface area contributed by atoms with Gasteiger partial charge in [0.15, 0.2) is 0 Å². The van der Waals surface area contributed by atoms with Gasteiger partial charge >= 0.3 is 0 Å². The first kappa shape index (κ1) is 13.7. The molecule has 1 aliphatic rings. The zero-order valence-electron chi connectivity index (χ0n) is 11.6. The number of halogens is 1. The molecule has 0 bridgehead atoms. The van der Waals surface area contributed by atoms with Crippen LogP contribution in [0.15, 0.2) is 29.3 Å². The average molecular weight is 300 g/mol. The number of nitrogens with zero attached hydrogens (tertiary/aromatic N) is 5. The molecule has 0 saturated carbocycles. The summed E-state index contributed by atoms with van der Waals surface area (Å²) in [5.74, 6) is 0.581. The van der Waals surface area contributed by atoms with Crippen LogP contribution in [0.5, 0.6) is 0 Å². The van der Waals surface area contributed by atoms with Gasteiger partial charge in [-0.1, -0.05) is 29.8 Å². The Morgan fingerprint density at radius 3 is 2.67 bits per heavy atom. The van der Waals surface area contributed by atoms with Crippen LogP contribution in [0.1, 0.15) is 17.0 Å². The highest BCUT2D eigenvalue weighted by Crippen LogP contribution is 2.15. The largest absolute Gasteiger partial charge is 0.298 e. The molecule has 1 aromatic heterocycles. The fraction of sp³-hybridized carbons (Fsp3) is 0.200. The summed E-state index contributed by atoms with van der Waals surface area (Å²) in [5, 5.41) is 9.00. The molecule has 2 heterocycles. The third-order valence-corrected chi connectivity index (χ3v) is 3.38. The summed E-state index contributed by atoms with van der Waals surface area (Å²) >= 11 is 5.87. The molecule has 0 spiro atoms. The molecule has 6 heteroatoms. The molecule has 0 N–H and O–H groups in total. The zero-order chi connectivity index (χ0) is 14.7. The van der Waals surface area contributed by atoms with E-state index in [2.05, 4.69) is 20.2 Å². The predicted molar refractivity (Wildman–Crippen MR) is 85.6 cm³/mol. The van der Waals surface area contributed by atoms with Gasteiger partial charge in [0.05, 0.1) is 24.3 Å². The Bertz CT molecular complexity index is 694. The molecule has 0 radical (unpaired) electrons. The van der Waals surface area contributed by atoms with E-state index in [9.17, 15) is 0 Å². The van der Waals surface area contributed by atoms with Crippen molar-refractivity contribution in [1.82, 2.24) is 15.2 Å². The van der Waals surface area contributed by atoms with Crippen molar-refractivity contribution in [1.29, 1.82) is 0 Å². The molecule has 5 nitrogen and oxygen atoms in total. The maximum atomic E-state index is 5.87. The summed E-state index contributed by atoms with van der Waals surface area (Å²) < 4.78 is 0. The molecular formula is C15H14ClN5. The number of rotatable bonds is 3. The minimum atomic E-state index is 0.581. The van der Waals surface area contributed by atoms with Crippen molar-refractivity contribution in [3.05, 3.63) is 46.2 Å². The second-order valence-electron chi connectivity index (χ2n) is 4.68. The smallest absolute Gasteiger partial charge is 0.251 e. The molecule has 106 valence electrons. The Morgan fingerprint density at radius 1 is 1.14 bits per heavy atom. The van der Waals surface area contributed by atoms with Gasteiger partial charge in [-0.2, -0.15) is 0 Å². The molecule has 1 aromatic carbocycles. The van der Waals surface area contributed by atoms with Crippen LogP contribution in [0.25, 0.3) is 12.2 Å². The quantitative estimate of drug-likeness (QED) is 0.874. The van der Waals surface area contributed by atoms with Crippen molar-refractivity contribution in [3.8, 4) is 0 Å². The molecule has 0 aliphatic carbocycles. The minimum absolute atomic E-state index is 0.581. The molecule has 0 unspecified atom stereocenters. The highest BCUT2D eigenvalue weighted by Gasteiger charge is 2.12. The monoisotopic (exact) mass is 299 g/mol. The minimum Gasteiger partial charge on any atom is -0.298 e. The number of aromatic nitrogens is 3. The van der Waals surface area contributed by atoms with Crippen LogP contribution in [0, 0.1) is 6.92 Å². The number of hydrogen-bond donors (Lipinski definition) is 0. The van der Waals surface area contributed by atoms with E-state index < -0.39 is 0 Å². The van der Waals surface area contributed by atoms with Gasteiger partial charge in [-0.25, -0.2) is 4.98 Å². The van der Waals surface area contributed by atoms with E-state index in [4.69, 9.17) is 11.6 Å². The zero-order valence-corrected chi connectivity index (χ0v) is 12.3. The van der Waals surface area contributed by atoms with Gasteiger partial charge < -0.3 is 0 Å². The summed E-state index contributed by atoms with van der Waals surface area (Å²) in [6.07, 6.45) is 5.66. The molecular weight excluding hydrogens is 286 g/mol. The maximum Gasteiger partial charge on any atom is 0.251 e. The first-order valence-electron chi connectivity index (χ1n) is 6.64. The SMILES string of the molecule is Cc1nnc(N2C=NCC2)nc1/C=C/c1ccc(Cl)cc1. The van der Waals surface area contributed by atoms with Crippen molar-refractivity contribution in [3.63, 3.8) is 0 Å². The number of benzene rings is 1. The van der Waals surface area contributed by atoms with Gasteiger partial charge in [0.25, 0.3) is 5.95 Å². The van der Waals surface area contributed by atoms with Gasteiger partial charge in [0, 0.05) is 11.6 Å². The van der Waals surface area contributed by atoms with E-state index in [1.807, 2.05) is 48.2 Å². The second kappa shape index (κ2) is 6.01. The van der Waals surface area contributed by atoms with Crippen molar-refractivity contribution >= 4 is 36.0 Å². The molecule has 3 rings (SSSR count). The van der Waals surface area contributed by atoms with Crippen molar-refractivity contribution in [2.24, 2.45) is 4.99 Å². The van der Waals surface area contributed by atoms with Crippen LogP contribution < -0.4 is 4.90 Å². The normalized spacial score (nSPS) is 14.3. The number of aryl methyl sites for hydroxylation is 1. The van der Waals surface area contributed by atoms with Crippen molar-refractivity contribution < 1.29 is 0 Å². The second-order valence-corrected chi connectivity index (χ2v) is 5.12. The summed E-state index contributed by atoms with van der Waals surface area (Å²) in [6, 6.07) is 7.63. The Morgan fingerprint density at radius 2 is 1.95 bits per heavy atom. The Kier molecular flexibility index (Phi) is 3.92. The van der Waals surface area contributed by atoms with Crippen LogP contribution in [0.4, 0.5) is 5.95 Å². The summed E-state index contributed by atoms with van der Waals surface area (Å²) in [5.41, 5.74) is 2.65. The summed E-state index contributed by atoms with van der Waals surface area (Å²) in [6.45, 7) is 3.46. The summed E-state index contributed by atoms with van der Waals surface area (Å²) in [4.78, 5) is 10.6. The fourth-order valence-electron chi connectivity index (χ4n) is 1.94. The Balaban J connectivity index is 1.85. The first-order valence-corrected chi connectivity index (χ1v) is 7.02. The van der Waals surface area contributed by atoms with E-state index in [0.717, 1.165) is 35.1 Å². The molecule has 1 aliphatic heterocycles. The van der Waals surface area contributed by atoms with Gasteiger partial charge in [-0.05, 0) is 30.7 Å². The highest BCUT2D eigenvalue weighted by atomic mass is 35.5. The summed E-state index contributed by atoms with van der Waals surface area (Å²) in [7, 11) is 0. The molecule has 0 amide bonds. The standard InChI is InChI=1S/C15H14ClN5/c1-11-14(7-4-12-2-5-13(16)6-3-12)18-15(20-19-11)21-9-8-17-10-21/h2-7,10H,8-9H2,1H3/b7-4+. The number of aliphatic imine (C=N–C) groups is 1. The van der Waals surface area contributed by atoms with E-state index >= 15 is 0 Å². The van der Waals surface area contributed by atoms with Crippen LogP contribution in [-0.2, 0) is 0 Å². The Labute approximate surface area is 128 Å². The number of hydrogen-bond acceptors (Lipinski definition) is 5. The topological polar surface area (TPSA) is 54.3 Å².